The maximum Gasteiger partial charge on any atom is 0.265 e. The number of ether oxygens (including phenoxy) is 1. The molecule has 1 unspecified atom stereocenters. The first-order valence-electron chi connectivity index (χ1n) is 15.2. The maximum atomic E-state index is 13.6. The van der Waals surface area contributed by atoms with Gasteiger partial charge in [0.1, 0.15) is 10.8 Å². The highest BCUT2D eigenvalue weighted by atomic mass is 32.2. The van der Waals surface area contributed by atoms with Crippen LogP contribution in [0.2, 0.25) is 0 Å². The highest BCUT2D eigenvalue weighted by Crippen LogP contribution is 2.65. The number of anilines is 2. The van der Waals surface area contributed by atoms with Crippen molar-refractivity contribution in [2.75, 3.05) is 29.9 Å². The largest absolute Gasteiger partial charge is 0.504 e. The molecule has 11 heteroatoms. The molecule has 3 aromatic heterocycles. The third-order valence-corrected chi connectivity index (χ3v) is 10.5. The number of aromatic nitrogens is 4. The second-order valence-electron chi connectivity index (χ2n) is 13.0. The van der Waals surface area contributed by atoms with Gasteiger partial charge in [0.2, 0.25) is 5.88 Å². The van der Waals surface area contributed by atoms with Crippen molar-refractivity contribution in [3.63, 3.8) is 0 Å². The maximum absolute atomic E-state index is 13.6. The van der Waals surface area contributed by atoms with Gasteiger partial charge in [0, 0.05) is 42.8 Å². The number of nitrogens with one attached hydrogen (secondary N) is 2. The van der Waals surface area contributed by atoms with E-state index in [1.165, 1.54) is 25.7 Å². The van der Waals surface area contributed by atoms with Crippen LogP contribution in [0.25, 0.3) is 5.82 Å². The predicted molar refractivity (Wildman–Crippen MR) is 162 cm³/mol. The number of carbonyl (C=O) groups excluding carboxylic acids is 1. The van der Waals surface area contributed by atoms with Crippen molar-refractivity contribution in [3.05, 3.63) is 42.1 Å². The van der Waals surface area contributed by atoms with Gasteiger partial charge in [-0.25, -0.2) is 14.6 Å². The van der Waals surface area contributed by atoms with Gasteiger partial charge < -0.3 is 20.1 Å². The van der Waals surface area contributed by atoms with E-state index in [0.717, 1.165) is 50.1 Å². The Labute approximate surface area is 250 Å². The lowest BCUT2D eigenvalue weighted by molar-refractivity contribution is 0.0984. The molecular weight excluding hydrogens is 550 g/mol. The van der Waals surface area contributed by atoms with Gasteiger partial charge in [-0.15, -0.1) is 5.10 Å². The molecule has 2 atom stereocenters. The molecule has 1 saturated heterocycles. The fourth-order valence-corrected chi connectivity index (χ4v) is 7.70. The molecule has 2 saturated carbocycles. The van der Waals surface area contributed by atoms with Crippen molar-refractivity contribution < 1.29 is 14.6 Å². The van der Waals surface area contributed by atoms with Crippen molar-refractivity contribution in [3.8, 4) is 17.4 Å². The van der Waals surface area contributed by atoms with Gasteiger partial charge in [-0.1, -0.05) is 0 Å². The number of amides is 1. The smallest absolute Gasteiger partial charge is 0.265 e. The Morgan fingerprint density at radius 1 is 1.12 bits per heavy atom. The Morgan fingerprint density at radius 3 is 2.81 bits per heavy atom. The Morgan fingerprint density at radius 2 is 2.00 bits per heavy atom. The van der Waals surface area contributed by atoms with Crippen molar-refractivity contribution in [1.82, 2.24) is 24.5 Å². The summed E-state index contributed by atoms with van der Waals surface area (Å²) >= 11 is 1.12. The quantitative estimate of drug-likeness (QED) is 0.328. The van der Waals surface area contributed by atoms with Crippen LogP contribution in [-0.2, 0) is 0 Å². The van der Waals surface area contributed by atoms with Crippen LogP contribution >= 0.6 is 11.9 Å². The van der Waals surface area contributed by atoms with E-state index in [-0.39, 0.29) is 17.2 Å². The fourth-order valence-electron chi connectivity index (χ4n) is 7.12. The first-order valence-corrected chi connectivity index (χ1v) is 16.0. The van der Waals surface area contributed by atoms with E-state index in [0.29, 0.717) is 58.4 Å². The molecule has 2 aliphatic carbocycles. The summed E-state index contributed by atoms with van der Waals surface area (Å²) in [4.78, 5) is 25.4. The molecule has 3 fully saturated rings. The summed E-state index contributed by atoms with van der Waals surface area (Å²) in [5.74, 6) is 3.45. The van der Waals surface area contributed by atoms with Crippen molar-refractivity contribution >= 4 is 29.5 Å². The molecule has 42 heavy (non-hydrogen) atoms. The lowest BCUT2D eigenvalue weighted by Crippen LogP contribution is -2.40. The van der Waals surface area contributed by atoms with E-state index in [4.69, 9.17) is 9.72 Å². The van der Waals surface area contributed by atoms with Crippen molar-refractivity contribution in [1.29, 1.82) is 0 Å². The Hall–Kier alpha value is -3.47. The summed E-state index contributed by atoms with van der Waals surface area (Å²) in [6, 6.07) is 8.84. The Balaban J connectivity index is 1.14. The Bertz CT molecular complexity index is 1490. The number of hydrogen-bond acceptors (Lipinski definition) is 9. The second-order valence-corrected chi connectivity index (χ2v) is 13.8. The highest BCUT2D eigenvalue weighted by molar-refractivity contribution is 7.97. The molecule has 3 N–H and O–H groups in total. The zero-order valence-electron chi connectivity index (χ0n) is 24.3. The summed E-state index contributed by atoms with van der Waals surface area (Å²) in [6.45, 7) is 6.65. The fraction of sp³-hybridized carbons (Fsp3) is 0.548. The first kappa shape index (κ1) is 27.4. The average molecular weight is 590 g/mol. The minimum Gasteiger partial charge on any atom is -0.504 e. The molecule has 3 aromatic rings. The van der Waals surface area contributed by atoms with E-state index in [9.17, 15) is 9.90 Å². The summed E-state index contributed by atoms with van der Waals surface area (Å²) in [5.41, 5.74) is 0.991. The molecule has 0 aromatic carbocycles. The van der Waals surface area contributed by atoms with E-state index in [2.05, 4.69) is 38.9 Å². The standard InChI is InChI=1S/C31H39N7O3S/c1-30(2)18-20-4-3-15-32-27-23(39)6-8-26(34-27)42-36-29(40)22-5-7-24(33-28(22)37(30)19-20)38-16-10-25(35-38)41-17-11-21-9-12-31(21)13-14-31/h5-8,10,16,20-21,39H,3-4,9,11-15,17-19H2,1-2H3,(H,32,34)(H,36,40)/t20-,21?/m0/s1. The number of aromatic hydroxyl groups is 1. The first-order chi connectivity index (χ1) is 20.3. The van der Waals surface area contributed by atoms with Gasteiger partial charge in [0.05, 0.1) is 12.2 Å². The molecule has 4 aliphatic rings. The number of rotatable bonds is 5. The van der Waals surface area contributed by atoms with Gasteiger partial charge in [0.15, 0.2) is 17.4 Å². The van der Waals surface area contributed by atoms with Gasteiger partial charge in [-0.05, 0) is 107 Å². The minimum atomic E-state index is -0.249. The van der Waals surface area contributed by atoms with E-state index >= 15 is 0 Å². The normalized spacial score (nSPS) is 24.0. The highest BCUT2D eigenvalue weighted by Gasteiger charge is 2.54. The van der Waals surface area contributed by atoms with Crippen molar-refractivity contribution in [2.45, 2.75) is 75.8 Å². The number of carbonyl (C=O) groups is 1. The van der Waals surface area contributed by atoms with Gasteiger partial charge in [-0.3, -0.25) is 9.52 Å². The summed E-state index contributed by atoms with van der Waals surface area (Å²) < 4.78 is 10.7. The summed E-state index contributed by atoms with van der Waals surface area (Å²) in [7, 11) is 0. The summed E-state index contributed by atoms with van der Waals surface area (Å²) in [6.07, 6.45) is 11.5. The number of nitrogens with zero attached hydrogens (tertiary/aromatic N) is 5. The van der Waals surface area contributed by atoms with Crippen LogP contribution < -0.4 is 19.7 Å². The molecule has 1 amide bonds. The molecule has 2 aliphatic heterocycles. The number of fused-ring (bicyclic) bond motifs is 6. The second kappa shape index (κ2) is 10.7. The average Bonchev–Trinajstić information content (AvgIpc) is 3.59. The molecule has 1 spiro atoms. The molecule has 0 radical (unpaired) electrons. The molecular formula is C31H39N7O3S. The lowest BCUT2D eigenvalue weighted by Gasteiger charge is -2.37. The Kier molecular flexibility index (Phi) is 6.95. The molecule has 10 nitrogen and oxygen atoms in total. The van der Waals surface area contributed by atoms with E-state index in [1.807, 2.05) is 24.4 Å². The van der Waals surface area contributed by atoms with Crippen LogP contribution in [0.15, 0.2) is 41.6 Å². The third-order valence-electron chi connectivity index (χ3n) is 9.76. The zero-order chi connectivity index (χ0) is 28.9. The lowest BCUT2D eigenvalue weighted by atomic mass is 9.69. The molecule has 222 valence electrons. The third kappa shape index (κ3) is 5.27. The minimum absolute atomic E-state index is 0.0995. The van der Waals surface area contributed by atoms with Crippen LogP contribution in [0.4, 0.5) is 11.6 Å². The van der Waals surface area contributed by atoms with Crippen molar-refractivity contribution in [2.24, 2.45) is 17.3 Å². The number of pyridine rings is 2. The van der Waals surface area contributed by atoms with Crippen LogP contribution in [0, 0.1) is 17.3 Å². The van der Waals surface area contributed by atoms with E-state index < -0.39 is 0 Å². The van der Waals surface area contributed by atoms with Crippen LogP contribution in [0.5, 0.6) is 11.6 Å². The summed E-state index contributed by atoms with van der Waals surface area (Å²) in [5, 5.41) is 18.8. The van der Waals surface area contributed by atoms with Crippen LogP contribution in [-0.4, -0.2) is 56.0 Å². The topological polar surface area (TPSA) is 117 Å². The van der Waals surface area contributed by atoms with Crippen LogP contribution in [0.1, 0.15) is 75.6 Å². The monoisotopic (exact) mass is 589 g/mol. The molecule has 7 rings (SSSR count). The number of hydrogen-bond donors (Lipinski definition) is 3. The van der Waals surface area contributed by atoms with Gasteiger partial charge in [0.25, 0.3) is 5.91 Å². The SMILES string of the molecule is CC1(C)C[C@@H]2CCCNc3nc(ccc3O)SNC(=O)c3ccc(-n4ccc(OCCC5CCC56CC6)n4)nc3N1C2. The molecule has 4 bridgehead atoms. The van der Waals surface area contributed by atoms with Gasteiger partial charge in [-0.2, -0.15) is 0 Å². The van der Waals surface area contributed by atoms with E-state index in [1.54, 1.807) is 16.8 Å². The van der Waals surface area contributed by atoms with Crippen LogP contribution in [0.3, 0.4) is 0 Å². The zero-order valence-corrected chi connectivity index (χ0v) is 25.1. The predicted octanol–water partition coefficient (Wildman–Crippen LogP) is 5.57. The molecule has 5 heterocycles. The van der Waals surface area contributed by atoms with Gasteiger partial charge >= 0.3 is 0 Å².